The Balaban J connectivity index is 1.59. The van der Waals surface area contributed by atoms with Gasteiger partial charge in [-0.2, -0.15) is 5.10 Å². The van der Waals surface area contributed by atoms with Crippen molar-refractivity contribution in [2.24, 2.45) is 0 Å². The van der Waals surface area contributed by atoms with Crippen LogP contribution in [-0.2, 0) is 24.3 Å². The van der Waals surface area contributed by atoms with E-state index in [4.69, 9.17) is 9.47 Å². The number of fused-ring (bicyclic) bond motifs is 2. The molecule has 1 aliphatic rings. The first-order chi connectivity index (χ1) is 12.7. The van der Waals surface area contributed by atoms with Crippen molar-refractivity contribution in [1.82, 2.24) is 24.7 Å². The third kappa shape index (κ3) is 3.05. The first kappa shape index (κ1) is 16.6. The molecule has 0 spiro atoms. The SMILES string of the molecule is COCc1nc2n(n1)CC(Nc1ncnc3cc(F)c(OC)cc13)CC2. The lowest BCUT2D eigenvalue weighted by Gasteiger charge is -2.24. The number of ether oxygens (including phenoxy) is 2. The molecule has 3 aromatic rings. The van der Waals surface area contributed by atoms with Gasteiger partial charge < -0.3 is 14.8 Å². The van der Waals surface area contributed by atoms with E-state index in [1.807, 2.05) is 4.68 Å². The highest BCUT2D eigenvalue weighted by Gasteiger charge is 2.22. The highest BCUT2D eigenvalue weighted by molar-refractivity contribution is 5.90. The van der Waals surface area contributed by atoms with Crippen LogP contribution in [0.5, 0.6) is 5.75 Å². The smallest absolute Gasteiger partial charge is 0.176 e. The molecule has 136 valence electrons. The van der Waals surface area contributed by atoms with Crippen molar-refractivity contribution in [2.75, 3.05) is 19.5 Å². The van der Waals surface area contributed by atoms with Crippen LogP contribution in [-0.4, -0.2) is 45.0 Å². The Labute approximate surface area is 149 Å². The zero-order chi connectivity index (χ0) is 18.1. The first-order valence-electron chi connectivity index (χ1n) is 8.34. The summed E-state index contributed by atoms with van der Waals surface area (Å²) in [5, 5.41) is 8.62. The van der Waals surface area contributed by atoms with E-state index in [0.717, 1.165) is 24.1 Å². The lowest BCUT2D eigenvalue weighted by atomic mass is 10.1. The number of nitrogens with zero attached hydrogens (tertiary/aromatic N) is 5. The van der Waals surface area contributed by atoms with Crippen molar-refractivity contribution in [3.63, 3.8) is 0 Å². The fourth-order valence-electron chi connectivity index (χ4n) is 3.19. The summed E-state index contributed by atoms with van der Waals surface area (Å²) in [5.41, 5.74) is 0.528. The minimum atomic E-state index is -0.444. The first-order valence-corrected chi connectivity index (χ1v) is 8.34. The van der Waals surface area contributed by atoms with Crippen molar-refractivity contribution in [2.45, 2.75) is 32.0 Å². The molecular weight excluding hydrogens is 339 g/mol. The average Bonchev–Trinajstić information content (AvgIpc) is 3.03. The normalized spacial score (nSPS) is 16.5. The minimum absolute atomic E-state index is 0.133. The second-order valence-corrected chi connectivity index (χ2v) is 6.17. The van der Waals surface area contributed by atoms with Crippen molar-refractivity contribution in [3.05, 3.63) is 35.9 Å². The van der Waals surface area contributed by atoms with E-state index >= 15 is 0 Å². The Morgan fingerprint density at radius 2 is 2.19 bits per heavy atom. The standard InChI is InChI=1S/C17H19FN6O2/c1-25-8-15-22-16-4-3-10(7-24(16)23-15)21-17-11-5-14(26-2)12(18)6-13(11)19-9-20-17/h5-6,9-10H,3-4,7-8H2,1-2H3,(H,19,20,21). The number of aryl methyl sites for hydroxylation is 1. The van der Waals surface area contributed by atoms with Crippen LogP contribution in [0.15, 0.2) is 18.5 Å². The summed E-state index contributed by atoms with van der Waals surface area (Å²) in [6.45, 7) is 1.08. The lowest BCUT2D eigenvalue weighted by Crippen LogP contribution is -2.32. The zero-order valence-corrected chi connectivity index (χ0v) is 14.6. The molecule has 1 aromatic carbocycles. The van der Waals surface area contributed by atoms with Crippen molar-refractivity contribution in [3.8, 4) is 5.75 Å². The molecule has 0 fully saturated rings. The molecule has 1 aliphatic heterocycles. The van der Waals surface area contributed by atoms with E-state index < -0.39 is 5.82 Å². The van der Waals surface area contributed by atoms with Gasteiger partial charge in [-0.1, -0.05) is 0 Å². The van der Waals surface area contributed by atoms with Crippen LogP contribution in [0.1, 0.15) is 18.1 Å². The third-order valence-electron chi connectivity index (χ3n) is 4.43. The number of rotatable bonds is 5. The monoisotopic (exact) mass is 358 g/mol. The predicted octanol–water partition coefficient (Wildman–Crippen LogP) is 1.94. The molecular formula is C17H19FN6O2. The van der Waals surface area contributed by atoms with E-state index in [0.29, 0.717) is 30.3 Å². The molecule has 0 saturated carbocycles. The molecule has 0 aliphatic carbocycles. The highest BCUT2D eigenvalue weighted by Crippen LogP contribution is 2.28. The lowest BCUT2D eigenvalue weighted by molar-refractivity contribution is 0.177. The topological polar surface area (TPSA) is 87.0 Å². The quantitative estimate of drug-likeness (QED) is 0.746. The fraction of sp³-hybridized carbons (Fsp3) is 0.412. The van der Waals surface area contributed by atoms with Gasteiger partial charge in [0.25, 0.3) is 0 Å². The van der Waals surface area contributed by atoms with Gasteiger partial charge in [-0.3, -0.25) is 0 Å². The van der Waals surface area contributed by atoms with Crippen molar-refractivity contribution < 1.29 is 13.9 Å². The van der Waals surface area contributed by atoms with Crippen molar-refractivity contribution >= 4 is 16.7 Å². The molecule has 1 atom stereocenters. The number of anilines is 1. The summed E-state index contributed by atoms with van der Waals surface area (Å²) in [7, 11) is 3.06. The van der Waals surface area contributed by atoms with Gasteiger partial charge in [0, 0.05) is 31.0 Å². The summed E-state index contributed by atoms with van der Waals surface area (Å²) in [6, 6.07) is 3.11. The number of methoxy groups -OCH3 is 2. The van der Waals surface area contributed by atoms with Crippen LogP contribution in [0.4, 0.5) is 10.2 Å². The molecule has 3 heterocycles. The van der Waals surface area contributed by atoms with Gasteiger partial charge in [0.2, 0.25) is 0 Å². The van der Waals surface area contributed by atoms with Gasteiger partial charge >= 0.3 is 0 Å². The maximum atomic E-state index is 13.9. The molecule has 8 nitrogen and oxygen atoms in total. The van der Waals surface area contributed by atoms with E-state index in [1.54, 1.807) is 13.2 Å². The van der Waals surface area contributed by atoms with Crippen LogP contribution in [0.25, 0.3) is 10.9 Å². The van der Waals surface area contributed by atoms with E-state index in [1.165, 1.54) is 19.5 Å². The van der Waals surface area contributed by atoms with E-state index in [-0.39, 0.29) is 11.8 Å². The van der Waals surface area contributed by atoms with E-state index in [2.05, 4.69) is 25.4 Å². The Morgan fingerprint density at radius 3 is 3.00 bits per heavy atom. The van der Waals surface area contributed by atoms with Crippen LogP contribution >= 0.6 is 0 Å². The number of hydrogen-bond donors (Lipinski definition) is 1. The molecule has 4 rings (SSSR count). The summed E-state index contributed by atoms with van der Waals surface area (Å²) in [5.74, 6) is 2.03. The molecule has 0 saturated heterocycles. The number of halogens is 1. The minimum Gasteiger partial charge on any atom is -0.494 e. The molecule has 0 radical (unpaired) electrons. The van der Waals surface area contributed by atoms with Crippen LogP contribution in [0, 0.1) is 5.82 Å². The van der Waals surface area contributed by atoms with Gasteiger partial charge in [0.15, 0.2) is 17.4 Å². The summed E-state index contributed by atoms with van der Waals surface area (Å²) >= 11 is 0. The van der Waals surface area contributed by atoms with Crippen molar-refractivity contribution in [1.29, 1.82) is 0 Å². The van der Waals surface area contributed by atoms with E-state index in [9.17, 15) is 4.39 Å². The second-order valence-electron chi connectivity index (χ2n) is 6.17. The maximum Gasteiger partial charge on any atom is 0.176 e. The predicted molar refractivity (Wildman–Crippen MR) is 92.5 cm³/mol. The Morgan fingerprint density at radius 1 is 1.31 bits per heavy atom. The van der Waals surface area contributed by atoms with Crippen LogP contribution in [0.2, 0.25) is 0 Å². The second kappa shape index (κ2) is 6.83. The van der Waals surface area contributed by atoms with Gasteiger partial charge in [0.05, 0.1) is 19.2 Å². The van der Waals surface area contributed by atoms with Gasteiger partial charge in [-0.25, -0.2) is 24.0 Å². The van der Waals surface area contributed by atoms with Crippen LogP contribution < -0.4 is 10.1 Å². The number of benzene rings is 1. The highest BCUT2D eigenvalue weighted by atomic mass is 19.1. The maximum absolute atomic E-state index is 13.9. The number of nitrogens with one attached hydrogen (secondary N) is 1. The summed E-state index contributed by atoms with van der Waals surface area (Å²) in [6.07, 6.45) is 3.14. The molecule has 9 heteroatoms. The summed E-state index contributed by atoms with van der Waals surface area (Å²) < 4.78 is 26.0. The Hall–Kier alpha value is -2.81. The fourth-order valence-corrected chi connectivity index (χ4v) is 3.19. The molecule has 0 amide bonds. The van der Waals surface area contributed by atoms with Crippen LogP contribution in [0.3, 0.4) is 0 Å². The third-order valence-corrected chi connectivity index (χ3v) is 4.43. The average molecular weight is 358 g/mol. The zero-order valence-electron chi connectivity index (χ0n) is 14.6. The molecule has 2 aromatic heterocycles. The molecule has 0 bridgehead atoms. The van der Waals surface area contributed by atoms with Gasteiger partial charge in [-0.15, -0.1) is 0 Å². The molecule has 1 N–H and O–H groups in total. The Kier molecular flexibility index (Phi) is 4.37. The molecule has 26 heavy (non-hydrogen) atoms. The Bertz CT molecular complexity index is 944. The van der Waals surface area contributed by atoms with Gasteiger partial charge in [0.1, 0.15) is 24.6 Å². The number of aromatic nitrogens is 5. The summed E-state index contributed by atoms with van der Waals surface area (Å²) in [4.78, 5) is 13.0. The number of hydrogen-bond acceptors (Lipinski definition) is 7. The molecule has 1 unspecified atom stereocenters. The van der Waals surface area contributed by atoms with Gasteiger partial charge in [-0.05, 0) is 12.5 Å². The largest absolute Gasteiger partial charge is 0.494 e.